The van der Waals surface area contributed by atoms with Crippen LogP contribution in [0.2, 0.25) is 0 Å². The summed E-state index contributed by atoms with van der Waals surface area (Å²) in [6.07, 6.45) is -2.65. The molecule has 0 aromatic rings. The van der Waals surface area contributed by atoms with Crippen molar-refractivity contribution in [3.63, 3.8) is 0 Å². The van der Waals surface area contributed by atoms with Gasteiger partial charge in [0.05, 0.1) is 6.61 Å². The molecule has 1 aliphatic rings. The van der Waals surface area contributed by atoms with Crippen LogP contribution in [0.3, 0.4) is 0 Å². The molecule has 0 spiro atoms. The van der Waals surface area contributed by atoms with Crippen LogP contribution in [0.1, 0.15) is 6.92 Å². The summed E-state index contributed by atoms with van der Waals surface area (Å²) in [6, 6.07) is -1.14. The summed E-state index contributed by atoms with van der Waals surface area (Å²) in [5, 5.41) is 39.9. The Morgan fingerprint density at radius 2 is 2.12 bits per heavy atom. The Kier molecular flexibility index (Phi) is 5.03. The maximum absolute atomic E-state index is 11.3. The van der Waals surface area contributed by atoms with Crippen LogP contribution in [0.4, 0.5) is 0 Å². The number of carbonyl (C=O) groups is 1. The highest BCUT2D eigenvalue weighted by molar-refractivity contribution is 5.87. The largest absolute Gasteiger partial charge is 0.394 e. The molecule has 5 N–H and O–H groups in total. The van der Waals surface area contributed by atoms with E-state index < -0.39 is 43.2 Å². The van der Waals surface area contributed by atoms with E-state index in [1.165, 1.54) is 12.2 Å². The van der Waals surface area contributed by atoms with Gasteiger partial charge in [0.25, 0.3) is 0 Å². The fourth-order valence-electron chi connectivity index (χ4n) is 1.62. The summed E-state index contributed by atoms with van der Waals surface area (Å²) < 4.78 is 4.87. The SMILES string of the molecule is C/C=C/C(=O)N[C@@H]1[C@@H](O)[C@H](O)[C@@H](CO)O[14CH]1O. The zero-order valence-corrected chi connectivity index (χ0v) is 9.35. The van der Waals surface area contributed by atoms with E-state index in [-0.39, 0.29) is 0 Å². The normalized spacial score (nSPS) is 38.3. The Balaban J connectivity index is 2.69. The van der Waals surface area contributed by atoms with Crippen molar-refractivity contribution in [2.45, 2.75) is 37.6 Å². The Morgan fingerprint density at radius 3 is 2.65 bits per heavy atom. The van der Waals surface area contributed by atoms with E-state index in [1.807, 2.05) is 0 Å². The number of amides is 1. The van der Waals surface area contributed by atoms with E-state index in [4.69, 9.17) is 9.84 Å². The number of carbonyl (C=O) groups excluding carboxylic acids is 1. The summed E-state index contributed by atoms with van der Waals surface area (Å²) in [7, 11) is 0. The lowest BCUT2D eigenvalue weighted by atomic mass is 10.0. The van der Waals surface area contributed by atoms with Crippen molar-refractivity contribution in [3.05, 3.63) is 12.2 Å². The molecule has 0 radical (unpaired) electrons. The first-order valence-corrected chi connectivity index (χ1v) is 5.25. The van der Waals surface area contributed by atoms with Crippen molar-refractivity contribution < 1.29 is 30.0 Å². The van der Waals surface area contributed by atoms with Gasteiger partial charge in [-0.05, 0) is 13.0 Å². The maximum atomic E-state index is 11.3. The molecule has 1 unspecified atom stereocenters. The first kappa shape index (κ1) is 14.1. The molecule has 7 nitrogen and oxygen atoms in total. The molecule has 1 fully saturated rings. The molecule has 7 heteroatoms. The Bertz CT molecular complexity index is 295. The first-order chi connectivity index (χ1) is 8.01. The third-order valence-corrected chi connectivity index (χ3v) is 2.53. The summed E-state index contributed by atoms with van der Waals surface area (Å²) in [5.41, 5.74) is 0. The Morgan fingerprint density at radius 1 is 1.47 bits per heavy atom. The number of ether oxygens (including phenoxy) is 1. The number of hydrogen-bond acceptors (Lipinski definition) is 6. The highest BCUT2D eigenvalue weighted by Crippen LogP contribution is 2.19. The van der Waals surface area contributed by atoms with Crippen LogP contribution in [0.5, 0.6) is 0 Å². The number of nitrogens with one attached hydrogen (secondary N) is 1. The Labute approximate surface area is 98.3 Å². The van der Waals surface area contributed by atoms with Crippen molar-refractivity contribution in [1.29, 1.82) is 0 Å². The Hall–Kier alpha value is -0.990. The highest BCUT2D eigenvalue weighted by Gasteiger charge is 2.43. The van der Waals surface area contributed by atoms with Gasteiger partial charge >= 0.3 is 0 Å². The zero-order chi connectivity index (χ0) is 13.0. The quantitative estimate of drug-likeness (QED) is 0.352. The van der Waals surface area contributed by atoms with Gasteiger partial charge < -0.3 is 30.5 Å². The van der Waals surface area contributed by atoms with E-state index in [0.717, 1.165) is 0 Å². The standard InChI is InChI=1S/C10H17NO6/c1-2-3-6(13)11-7-9(15)8(14)5(4-12)17-10(7)16/h2-3,5,7-10,12,14-16H,4H2,1H3,(H,11,13)/b3-2+/t5-,7-,8-,9-,10?/m1/s1/i10+2. The van der Waals surface area contributed by atoms with Gasteiger partial charge in [-0.2, -0.15) is 0 Å². The van der Waals surface area contributed by atoms with Gasteiger partial charge in [0.15, 0.2) is 6.29 Å². The van der Waals surface area contributed by atoms with Gasteiger partial charge in [-0.25, -0.2) is 0 Å². The molecule has 1 heterocycles. The fourth-order valence-corrected chi connectivity index (χ4v) is 1.62. The molecule has 0 saturated carbocycles. The molecule has 5 atom stereocenters. The fraction of sp³-hybridized carbons (Fsp3) is 0.700. The second-order valence-corrected chi connectivity index (χ2v) is 3.76. The molecule has 0 bridgehead atoms. The van der Waals surface area contributed by atoms with E-state index in [1.54, 1.807) is 6.92 Å². The third-order valence-electron chi connectivity index (χ3n) is 2.53. The van der Waals surface area contributed by atoms with Gasteiger partial charge in [0, 0.05) is 0 Å². The van der Waals surface area contributed by atoms with Gasteiger partial charge in [0.2, 0.25) is 5.91 Å². The van der Waals surface area contributed by atoms with Crippen LogP contribution >= 0.6 is 0 Å². The summed E-state index contributed by atoms with van der Waals surface area (Å²) in [4.78, 5) is 11.3. The second kappa shape index (κ2) is 6.08. The van der Waals surface area contributed by atoms with E-state index >= 15 is 0 Å². The average molecular weight is 249 g/mol. The van der Waals surface area contributed by atoms with Crippen molar-refractivity contribution in [1.82, 2.24) is 5.32 Å². The van der Waals surface area contributed by atoms with Crippen LogP contribution in [0, 0.1) is 0 Å². The number of rotatable bonds is 3. The maximum Gasteiger partial charge on any atom is 0.244 e. The number of hydrogen-bond donors (Lipinski definition) is 5. The van der Waals surface area contributed by atoms with Crippen molar-refractivity contribution >= 4 is 5.91 Å². The van der Waals surface area contributed by atoms with Crippen LogP contribution < -0.4 is 5.32 Å². The van der Waals surface area contributed by atoms with Crippen LogP contribution in [-0.4, -0.2) is 63.6 Å². The second-order valence-electron chi connectivity index (χ2n) is 3.76. The molecule has 0 aromatic carbocycles. The van der Waals surface area contributed by atoms with Gasteiger partial charge in [0.1, 0.15) is 24.4 Å². The molecular weight excluding hydrogens is 232 g/mol. The minimum absolute atomic E-state index is 0.520. The lowest BCUT2D eigenvalue weighted by Crippen LogP contribution is -2.64. The summed E-state index contributed by atoms with van der Waals surface area (Å²) in [5.74, 6) is -0.520. The topological polar surface area (TPSA) is 119 Å². The molecule has 98 valence electrons. The van der Waals surface area contributed by atoms with Gasteiger partial charge in [-0.15, -0.1) is 0 Å². The predicted molar refractivity (Wildman–Crippen MR) is 56.7 cm³/mol. The molecule has 1 amide bonds. The highest BCUT2D eigenvalue weighted by atomic mass is 16.9. The zero-order valence-electron chi connectivity index (χ0n) is 9.35. The van der Waals surface area contributed by atoms with Gasteiger partial charge in [-0.1, -0.05) is 6.08 Å². The predicted octanol–water partition coefficient (Wildman–Crippen LogP) is -2.52. The first-order valence-electron chi connectivity index (χ1n) is 5.25. The minimum Gasteiger partial charge on any atom is -0.394 e. The van der Waals surface area contributed by atoms with Crippen molar-refractivity contribution in [2.24, 2.45) is 0 Å². The van der Waals surface area contributed by atoms with Crippen molar-refractivity contribution in [3.8, 4) is 0 Å². The van der Waals surface area contributed by atoms with E-state index in [0.29, 0.717) is 0 Å². The number of aliphatic hydroxyl groups excluding tert-OH is 4. The van der Waals surface area contributed by atoms with Gasteiger partial charge in [-0.3, -0.25) is 4.79 Å². The summed E-state index contributed by atoms with van der Waals surface area (Å²) in [6.45, 7) is 1.10. The molecule has 1 aliphatic heterocycles. The lowest BCUT2D eigenvalue weighted by Gasteiger charge is -2.40. The minimum atomic E-state index is -1.49. The molecule has 1 rings (SSSR count). The van der Waals surface area contributed by atoms with Crippen LogP contribution in [0.25, 0.3) is 0 Å². The molecule has 1 saturated heterocycles. The smallest absolute Gasteiger partial charge is 0.244 e. The molecule has 0 aromatic heterocycles. The van der Waals surface area contributed by atoms with Crippen LogP contribution in [0.15, 0.2) is 12.2 Å². The van der Waals surface area contributed by atoms with E-state index in [9.17, 15) is 20.1 Å². The van der Waals surface area contributed by atoms with Crippen LogP contribution in [-0.2, 0) is 9.53 Å². The lowest BCUT2D eigenvalue weighted by molar-refractivity contribution is -0.253. The molecule has 0 aliphatic carbocycles. The summed E-state index contributed by atoms with van der Waals surface area (Å²) >= 11 is 0. The van der Waals surface area contributed by atoms with Crippen molar-refractivity contribution in [2.75, 3.05) is 6.61 Å². The molecule has 17 heavy (non-hydrogen) atoms. The van der Waals surface area contributed by atoms with E-state index in [2.05, 4.69) is 5.32 Å². The molecular formula is C10H17NO6. The number of allylic oxidation sites excluding steroid dienone is 1. The monoisotopic (exact) mass is 249 g/mol. The average Bonchev–Trinajstić information content (AvgIpc) is 2.29. The number of aliphatic hydroxyl groups is 4. The third kappa shape index (κ3) is 3.24.